The van der Waals surface area contributed by atoms with Gasteiger partial charge in [-0.1, -0.05) is 30.3 Å². The highest BCUT2D eigenvalue weighted by Crippen LogP contribution is 2.19. The molecular weight excluding hydrogens is 260 g/mol. The summed E-state index contributed by atoms with van der Waals surface area (Å²) in [4.78, 5) is 0. The largest absolute Gasteiger partial charge is 0.493 e. The molecule has 108 valence electrons. The summed E-state index contributed by atoms with van der Waals surface area (Å²) in [5.41, 5.74) is 3.61. The van der Waals surface area contributed by atoms with Crippen LogP contribution in [0.2, 0.25) is 0 Å². The van der Waals surface area contributed by atoms with E-state index in [1.807, 2.05) is 24.3 Å². The fraction of sp³-hybridized carbons (Fsp3) is 0.278. The number of unbranched alkanes of at least 4 members (excludes halogenated alkanes) is 1. The van der Waals surface area contributed by atoms with Crippen LogP contribution >= 0.6 is 0 Å². The van der Waals surface area contributed by atoms with E-state index in [0.29, 0.717) is 13.0 Å². The SMILES string of the molecule is Cc1ccccc1CNc1cccc(OCCCC#N)c1. The molecule has 0 bridgehead atoms. The second-order valence-corrected chi connectivity index (χ2v) is 4.92. The lowest BCUT2D eigenvalue weighted by molar-refractivity contribution is 0.313. The molecule has 0 atom stereocenters. The number of anilines is 1. The monoisotopic (exact) mass is 280 g/mol. The van der Waals surface area contributed by atoms with Gasteiger partial charge >= 0.3 is 0 Å². The molecular formula is C18H20N2O. The number of hydrogen-bond donors (Lipinski definition) is 1. The number of ether oxygens (including phenoxy) is 1. The maximum atomic E-state index is 8.49. The van der Waals surface area contributed by atoms with E-state index in [2.05, 4.69) is 42.6 Å². The van der Waals surface area contributed by atoms with Gasteiger partial charge in [0.2, 0.25) is 0 Å². The van der Waals surface area contributed by atoms with Crippen LogP contribution < -0.4 is 10.1 Å². The van der Waals surface area contributed by atoms with Gasteiger partial charge in [-0.15, -0.1) is 0 Å². The summed E-state index contributed by atoms with van der Waals surface area (Å²) in [6.07, 6.45) is 1.29. The number of nitrogens with one attached hydrogen (secondary N) is 1. The number of nitriles is 1. The average Bonchev–Trinajstić information content (AvgIpc) is 2.51. The van der Waals surface area contributed by atoms with E-state index in [-0.39, 0.29) is 0 Å². The Bertz CT molecular complexity index is 617. The van der Waals surface area contributed by atoms with Crippen molar-refractivity contribution in [1.29, 1.82) is 5.26 Å². The van der Waals surface area contributed by atoms with E-state index in [4.69, 9.17) is 10.00 Å². The zero-order valence-corrected chi connectivity index (χ0v) is 12.3. The number of rotatable bonds is 7. The van der Waals surface area contributed by atoms with Crippen molar-refractivity contribution < 1.29 is 4.74 Å². The van der Waals surface area contributed by atoms with Crippen LogP contribution in [0.15, 0.2) is 48.5 Å². The lowest BCUT2D eigenvalue weighted by Crippen LogP contribution is -2.02. The van der Waals surface area contributed by atoms with Crippen LogP contribution in [0, 0.1) is 18.3 Å². The van der Waals surface area contributed by atoms with E-state index >= 15 is 0 Å². The van der Waals surface area contributed by atoms with Crippen molar-refractivity contribution in [1.82, 2.24) is 0 Å². The van der Waals surface area contributed by atoms with Crippen LogP contribution in [0.1, 0.15) is 24.0 Å². The van der Waals surface area contributed by atoms with E-state index in [1.165, 1.54) is 11.1 Å². The van der Waals surface area contributed by atoms with Crippen LogP contribution in [0.5, 0.6) is 5.75 Å². The first-order chi connectivity index (χ1) is 10.3. The minimum Gasteiger partial charge on any atom is -0.493 e. The Labute approximate surface area is 126 Å². The molecule has 0 aliphatic rings. The van der Waals surface area contributed by atoms with Crippen LogP contribution in [0.25, 0.3) is 0 Å². The van der Waals surface area contributed by atoms with Crippen molar-refractivity contribution in [3.05, 3.63) is 59.7 Å². The van der Waals surface area contributed by atoms with Crippen LogP contribution in [-0.2, 0) is 6.54 Å². The van der Waals surface area contributed by atoms with Crippen molar-refractivity contribution in [3.63, 3.8) is 0 Å². The van der Waals surface area contributed by atoms with Crippen LogP contribution in [-0.4, -0.2) is 6.61 Å². The normalized spacial score (nSPS) is 9.90. The van der Waals surface area contributed by atoms with Gasteiger partial charge in [0.15, 0.2) is 0 Å². The van der Waals surface area contributed by atoms with Crippen molar-refractivity contribution >= 4 is 5.69 Å². The summed E-state index contributed by atoms with van der Waals surface area (Å²) in [5.74, 6) is 0.836. The van der Waals surface area contributed by atoms with Gasteiger partial charge in [0, 0.05) is 24.7 Å². The molecule has 2 aromatic carbocycles. The van der Waals surface area contributed by atoms with Crippen molar-refractivity contribution in [3.8, 4) is 11.8 Å². The van der Waals surface area contributed by atoms with Crippen LogP contribution in [0.3, 0.4) is 0 Å². The third kappa shape index (κ3) is 4.85. The molecule has 0 heterocycles. The predicted molar refractivity (Wildman–Crippen MR) is 85.3 cm³/mol. The lowest BCUT2D eigenvalue weighted by Gasteiger charge is -2.11. The highest BCUT2D eigenvalue weighted by molar-refractivity contribution is 5.48. The molecule has 0 fully saturated rings. The lowest BCUT2D eigenvalue weighted by atomic mass is 10.1. The average molecular weight is 280 g/mol. The summed E-state index contributed by atoms with van der Waals surface area (Å²) in [7, 11) is 0. The Morgan fingerprint density at radius 3 is 2.81 bits per heavy atom. The second-order valence-electron chi connectivity index (χ2n) is 4.92. The second kappa shape index (κ2) is 7.96. The zero-order chi connectivity index (χ0) is 14.9. The van der Waals surface area contributed by atoms with Crippen LogP contribution in [0.4, 0.5) is 5.69 Å². The van der Waals surface area contributed by atoms with Gasteiger partial charge in [-0.2, -0.15) is 5.26 Å². The fourth-order valence-corrected chi connectivity index (χ4v) is 2.04. The maximum Gasteiger partial charge on any atom is 0.121 e. The fourth-order valence-electron chi connectivity index (χ4n) is 2.04. The summed E-state index contributed by atoms with van der Waals surface area (Å²) in [5, 5.41) is 11.9. The summed E-state index contributed by atoms with van der Waals surface area (Å²) < 4.78 is 5.63. The predicted octanol–water partition coefficient (Wildman–Crippen LogP) is 4.29. The van der Waals surface area contributed by atoms with Gasteiger partial charge in [-0.3, -0.25) is 0 Å². The first kappa shape index (κ1) is 14.9. The highest BCUT2D eigenvalue weighted by atomic mass is 16.5. The third-order valence-corrected chi connectivity index (χ3v) is 3.28. The number of benzene rings is 2. The molecule has 0 amide bonds. The quantitative estimate of drug-likeness (QED) is 0.769. The van der Waals surface area contributed by atoms with E-state index in [9.17, 15) is 0 Å². The molecule has 0 spiro atoms. The Morgan fingerprint density at radius 2 is 2.00 bits per heavy atom. The van der Waals surface area contributed by atoms with Gasteiger partial charge in [-0.05, 0) is 36.6 Å². The Hall–Kier alpha value is -2.47. The summed E-state index contributed by atoms with van der Waals surface area (Å²) >= 11 is 0. The maximum absolute atomic E-state index is 8.49. The van der Waals surface area contributed by atoms with Crippen molar-refractivity contribution in [2.24, 2.45) is 0 Å². The molecule has 0 aliphatic heterocycles. The molecule has 0 aromatic heterocycles. The molecule has 0 saturated carbocycles. The molecule has 1 N–H and O–H groups in total. The highest BCUT2D eigenvalue weighted by Gasteiger charge is 1.99. The number of hydrogen-bond acceptors (Lipinski definition) is 3. The van der Waals surface area contributed by atoms with Crippen molar-refractivity contribution in [2.45, 2.75) is 26.3 Å². The summed E-state index contributed by atoms with van der Waals surface area (Å²) in [6, 6.07) is 18.4. The van der Waals surface area contributed by atoms with Crippen molar-refractivity contribution in [2.75, 3.05) is 11.9 Å². The molecule has 0 unspecified atom stereocenters. The third-order valence-electron chi connectivity index (χ3n) is 3.28. The van der Waals surface area contributed by atoms with Gasteiger partial charge in [0.25, 0.3) is 0 Å². The molecule has 0 saturated heterocycles. The zero-order valence-electron chi connectivity index (χ0n) is 12.3. The molecule has 2 aromatic rings. The van der Waals surface area contributed by atoms with E-state index in [1.54, 1.807) is 0 Å². The van der Waals surface area contributed by atoms with Gasteiger partial charge in [-0.25, -0.2) is 0 Å². The Morgan fingerprint density at radius 1 is 1.14 bits per heavy atom. The van der Waals surface area contributed by atoms with E-state index < -0.39 is 0 Å². The topological polar surface area (TPSA) is 45.0 Å². The first-order valence-electron chi connectivity index (χ1n) is 7.18. The van der Waals surface area contributed by atoms with E-state index in [0.717, 1.165) is 24.4 Å². The molecule has 3 heteroatoms. The summed E-state index contributed by atoms with van der Waals surface area (Å²) in [6.45, 7) is 3.49. The molecule has 2 rings (SSSR count). The van der Waals surface area contributed by atoms with Gasteiger partial charge in [0.1, 0.15) is 5.75 Å². The Kier molecular flexibility index (Phi) is 5.66. The molecule has 21 heavy (non-hydrogen) atoms. The Balaban J connectivity index is 1.89. The minimum atomic E-state index is 0.533. The van der Waals surface area contributed by atoms with Gasteiger partial charge < -0.3 is 10.1 Å². The van der Waals surface area contributed by atoms with Gasteiger partial charge in [0.05, 0.1) is 12.7 Å². The standard InChI is InChI=1S/C18H20N2O/c1-15-7-2-3-8-16(15)14-20-17-9-6-10-18(13-17)21-12-5-4-11-19/h2-3,6-10,13,20H,4-5,12,14H2,1H3. The molecule has 3 nitrogen and oxygen atoms in total. The molecule has 0 aliphatic carbocycles. The smallest absolute Gasteiger partial charge is 0.121 e. The number of nitrogens with zero attached hydrogens (tertiary/aromatic N) is 1. The minimum absolute atomic E-state index is 0.533. The number of aryl methyl sites for hydroxylation is 1. The first-order valence-corrected chi connectivity index (χ1v) is 7.18. The molecule has 0 radical (unpaired) electrons.